The van der Waals surface area contributed by atoms with Crippen molar-refractivity contribution in [3.63, 3.8) is 0 Å². The molecule has 1 amide bonds. The fourth-order valence-corrected chi connectivity index (χ4v) is 1.97. The van der Waals surface area contributed by atoms with E-state index in [0.717, 1.165) is 0 Å². The van der Waals surface area contributed by atoms with Crippen molar-refractivity contribution in [2.45, 2.75) is 6.61 Å². The SMILES string of the molecule is NNC(=O)c1ccc(COc2ccc3c(c2)OCC3=O)o1. The Kier molecular flexibility index (Phi) is 3.33. The van der Waals surface area contributed by atoms with Crippen molar-refractivity contribution in [2.24, 2.45) is 5.84 Å². The van der Waals surface area contributed by atoms with E-state index in [0.29, 0.717) is 22.8 Å². The number of Topliss-reactive ketones (excluding diaryl/α,β-unsaturated/α-hetero) is 1. The third-order valence-electron chi connectivity index (χ3n) is 3.01. The van der Waals surface area contributed by atoms with Gasteiger partial charge in [-0.15, -0.1) is 0 Å². The van der Waals surface area contributed by atoms with Gasteiger partial charge in [0, 0.05) is 6.07 Å². The molecular weight excluding hydrogens is 276 g/mol. The molecule has 0 bridgehead atoms. The number of fused-ring (bicyclic) bond motifs is 1. The number of ketones is 1. The highest BCUT2D eigenvalue weighted by Crippen LogP contribution is 2.29. The van der Waals surface area contributed by atoms with Crippen molar-refractivity contribution < 1.29 is 23.5 Å². The molecule has 0 spiro atoms. The molecule has 7 heteroatoms. The Balaban J connectivity index is 1.67. The van der Waals surface area contributed by atoms with E-state index in [4.69, 9.17) is 19.7 Å². The highest BCUT2D eigenvalue weighted by Gasteiger charge is 2.21. The summed E-state index contributed by atoms with van der Waals surface area (Å²) in [6.07, 6.45) is 0. The molecule has 0 saturated heterocycles. The summed E-state index contributed by atoms with van der Waals surface area (Å²) in [5, 5.41) is 0. The van der Waals surface area contributed by atoms with E-state index >= 15 is 0 Å². The van der Waals surface area contributed by atoms with E-state index < -0.39 is 5.91 Å². The fourth-order valence-electron chi connectivity index (χ4n) is 1.97. The summed E-state index contributed by atoms with van der Waals surface area (Å²) in [7, 11) is 0. The van der Waals surface area contributed by atoms with Gasteiger partial charge in [-0.25, -0.2) is 5.84 Å². The van der Waals surface area contributed by atoms with Crippen LogP contribution < -0.4 is 20.7 Å². The van der Waals surface area contributed by atoms with Crippen LogP contribution in [0.2, 0.25) is 0 Å². The molecule has 0 radical (unpaired) electrons. The molecule has 1 aromatic heterocycles. The van der Waals surface area contributed by atoms with Crippen molar-refractivity contribution in [3.05, 3.63) is 47.4 Å². The van der Waals surface area contributed by atoms with Gasteiger partial charge in [0.25, 0.3) is 0 Å². The van der Waals surface area contributed by atoms with Crippen LogP contribution in [0.4, 0.5) is 0 Å². The summed E-state index contributed by atoms with van der Waals surface area (Å²) in [4.78, 5) is 22.7. The van der Waals surface area contributed by atoms with Gasteiger partial charge in [0.2, 0.25) is 5.78 Å². The quantitative estimate of drug-likeness (QED) is 0.495. The number of furan rings is 1. The van der Waals surface area contributed by atoms with Crippen LogP contribution in [0.3, 0.4) is 0 Å². The first-order valence-corrected chi connectivity index (χ1v) is 6.20. The van der Waals surface area contributed by atoms with Crippen LogP contribution in [-0.4, -0.2) is 18.3 Å². The predicted octanol–water partition coefficient (Wildman–Crippen LogP) is 1.04. The van der Waals surface area contributed by atoms with E-state index in [2.05, 4.69) is 0 Å². The summed E-state index contributed by atoms with van der Waals surface area (Å²) in [6, 6.07) is 8.12. The van der Waals surface area contributed by atoms with Gasteiger partial charge in [-0.05, 0) is 24.3 Å². The lowest BCUT2D eigenvalue weighted by Gasteiger charge is -2.05. The van der Waals surface area contributed by atoms with Crippen LogP contribution >= 0.6 is 0 Å². The number of nitrogens with one attached hydrogen (secondary N) is 1. The zero-order valence-electron chi connectivity index (χ0n) is 10.9. The van der Waals surface area contributed by atoms with Gasteiger partial charge in [-0.3, -0.25) is 15.0 Å². The van der Waals surface area contributed by atoms with Gasteiger partial charge in [-0.2, -0.15) is 0 Å². The Bertz CT molecular complexity index is 707. The number of benzene rings is 1. The number of hydrazine groups is 1. The molecule has 7 nitrogen and oxygen atoms in total. The number of nitrogens with two attached hydrogens (primary N) is 1. The monoisotopic (exact) mass is 288 g/mol. The van der Waals surface area contributed by atoms with Crippen molar-refractivity contribution in [3.8, 4) is 11.5 Å². The molecule has 0 atom stereocenters. The molecule has 0 saturated carbocycles. The molecule has 108 valence electrons. The van der Waals surface area contributed by atoms with Crippen LogP contribution in [0.15, 0.2) is 34.7 Å². The number of carbonyl (C=O) groups is 2. The van der Waals surface area contributed by atoms with Crippen LogP contribution in [0.25, 0.3) is 0 Å². The molecule has 2 heterocycles. The van der Waals surface area contributed by atoms with E-state index in [1.54, 1.807) is 24.3 Å². The molecule has 1 aromatic carbocycles. The second-order valence-electron chi connectivity index (χ2n) is 4.40. The first-order valence-electron chi connectivity index (χ1n) is 6.20. The van der Waals surface area contributed by atoms with Crippen LogP contribution in [0.1, 0.15) is 26.7 Å². The molecule has 1 aliphatic heterocycles. The first-order chi connectivity index (χ1) is 10.2. The number of hydrogen-bond acceptors (Lipinski definition) is 6. The van der Waals surface area contributed by atoms with Crippen molar-refractivity contribution in [2.75, 3.05) is 6.61 Å². The highest BCUT2D eigenvalue weighted by molar-refractivity contribution is 6.02. The number of carbonyl (C=O) groups excluding carboxylic acids is 2. The van der Waals surface area contributed by atoms with E-state index in [1.807, 2.05) is 5.43 Å². The maximum absolute atomic E-state index is 11.4. The number of rotatable bonds is 4. The molecule has 0 fully saturated rings. The number of ether oxygens (including phenoxy) is 2. The highest BCUT2D eigenvalue weighted by atomic mass is 16.5. The van der Waals surface area contributed by atoms with Crippen LogP contribution in [-0.2, 0) is 6.61 Å². The van der Waals surface area contributed by atoms with Gasteiger partial charge in [-0.1, -0.05) is 0 Å². The Hall–Kier alpha value is -2.80. The largest absolute Gasteiger partial charge is 0.486 e. The first kappa shape index (κ1) is 13.2. The molecular formula is C14H12N2O5. The van der Waals surface area contributed by atoms with E-state index in [-0.39, 0.29) is 24.8 Å². The van der Waals surface area contributed by atoms with Crippen LogP contribution in [0, 0.1) is 0 Å². The van der Waals surface area contributed by atoms with Crippen molar-refractivity contribution in [1.29, 1.82) is 0 Å². The molecule has 21 heavy (non-hydrogen) atoms. The average Bonchev–Trinajstić information content (AvgIpc) is 3.12. The molecule has 2 aromatic rings. The molecule has 0 unspecified atom stereocenters. The summed E-state index contributed by atoms with van der Waals surface area (Å²) in [6.45, 7) is 0.207. The summed E-state index contributed by atoms with van der Waals surface area (Å²) in [5.74, 6) is 6.11. The minimum atomic E-state index is -0.509. The average molecular weight is 288 g/mol. The Morgan fingerprint density at radius 1 is 1.33 bits per heavy atom. The second kappa shape index (κ2) is 5.29. The predicted molar refractivity (Wildman–Crippen MR) is 71.0 cm³/mol. The zero-order valence-corrected chi connectivity index (χ0v) is 10.9. The third kappa shape index (κ3) is 2.59. The maximum Gasteiger partial charge on any atom is 0.300 e. The van der Waals surface area contributed by atoms with Gasteiger partial charge in [0.05, 0.1) is 5.56 Å². The summed E-state index contributed by atoms with van der Waals surface area (Å²) in [5.41, 5.74) is 2.54. The summed E-state index contributed by atoms with van der Waals surface area (Å²) < 4.78 is 16.0. The number of hydrogen-bond donors (Lipinski definition) is 2. The smallest absolute Gasteiger partial charge is 0.300 e. The Labute approximate surface area is 119 Å². The summed E-state index contributed by atoms with van der Waals surface area (Å²) >= 11 is 0. The maximum atomic E-state index is 11.4. The van der Waals surface area contributed by atoms with Gasteiger partial charge in [0.15, 0.2) is 12.4 Å². The topological polar surface area (TPSA) is 104 Å². The Morgan fingerprint density at radius 3 is 3.00 bits per heavy atom. The van der Waals surface area contributed by atoms with Gasteiger partial charge < -0.3 is 13.9 Å². The van der Waals surface area contributed by atoms with Crippen molar-refractivity contribution >= 4 is 11.7 Å². The van der Waals surface area contributed by atoms with E-state index in [9.17, 15) is 9.59 Å². The zero-order chi connectivity index (χ0) is 14.8. The lowest BCUT2D eigenvalue weighted by molar-refractivity contribution is 0.0920. The fraction of sp³-hybridized carbons (Fsp3) is 0.143. The van der Waals surface area contributed by atoms with Crippen molar-refractivity contribution in [1.82, 2.24) is 5.43 Å². The molecule has 3 rings (SSSR count). The second-order valence-corrected chi connectivity index (χ2v) is 4.40. The number of nitrogen functional groups attached to an aromatic ring is 1. The number of amides is 1. The normalized spacial score (nSPS) is 12.7. The molecule has 0 aliphatic carbocycles. The third-order valence-corrected chi connectivity index (χ3v) is 3.01. The van der Waals surface area contributed by atoms with Gasteiger partial charge >= 0.3 is 5.91 Å². The lowest BCUT2D eigenvalue weighted by Crippen LogP contribution is -2.29. The van der Waals surface area contributed by atoms with Gasteiger partial charge in [0.1, 0.15) is 23.9 Å². The molecule has 3 N–H and O–H groups in total. The van der Waals surface area contributed by atoms with Crippen LogP contribution in [0.5, 0.6) is 11.5 Å². The Morgan fingerprint density at radius 2 is 2.19 bits per heavy atom. The lowest BCUT2D eigenvalue weighted by atomic mass is 10.1. The minimum Gasteiger partial charge on any atom is -0.486 e. The molecule has 1 aliphatic rings. The minimum absolute atomic E-state index is 0.0416. The standard InChI is InChI=1S/C14H12N2O5/c15-16-14(18)12-4-2-9(21-12)6-19-8-1-3-10-11(17)7-20-13(10)5-8/h1-5H,6-7,15H2,(H,16,18). The van der Waals surface area contributed by atoms with E-state index in [1.165, 1.54) is 6.07 Å².